The van der Waals surface area contributed by atoms with Crippen molar-refractivity contribution in [1.82, 2.24) is 15.5 Å². The fourth-order valence-corrected chi connectivity index (χ4v) is 3.45. The first-order valence-electron chi connectivity index (χ1n) is 9.20. The van der Waals surface area contributed by atoms with Gasteiger partial charge in [-0.05, 0) is 30.5 Å². The molecule has 0 fully saturated rings. The van der Waals surface area contributed by atoms with Gasteiger partial charge >= 0.3 is 0 Å². The van der Waals surface area contributed by atoms with Crippen molar-refractivity contribution in [2.24, 2.45) is 0 Å². The minimum atomic E-state index is -0.194. The Morgan fingerprint density at radius 1 is 0.893 bits per heavy atom. The summed E-state index contributed by atoms with van der Waals surface area (Å²) in [7, 11) is 0. The molecular weight excluding hydrogens is 372 g/mol. The third-order valence-corrected chi connectivity index (χ3v) is 4.98. The molecule has 1 aromatic heterocycles. The first-order valence-corrected chi connectivity index (χ1v) is 10.0. The van der Waals surface area contributed by atoms with Crippen molar-refractivity contribution in [3.63, 3.8) is 0 Å². The number of carbonyl (C=O) groups is 2. The highest BCUT2D eigenvalue weighted by Gasteiger charge is 2.09. The largest absolute Gasteiger partial charge is 0.352 e. The van der Waals surface area contributed by atoms with Crippen molar-refractivity contribution in [3.8, 4) is 0 Å². The van der Waals surface area contributed by atoms with Crippen LogP contribution in [-0.4, -0.2) is 28.6 Å². The summed E-state index contributed by atoms with van der Waals surface area (Å²) in [4.78, 5) is 23.9. The lowest BCUT2D eigenvalue weighted by Gasteiger charge is -2.04. The summed E-state index contributed by atoms with van der Waals surface area (Å²) in [6, 6.07) is 19.2. The van der Waals surface area contributed by atoms with E-state index in [4.69, 9.17) is 0 Å². The molecule has 0 saturated heterocycles. The number of anilines is 1. The molecule has 0 radical (unpaired) electrons. The predicted molar refractivity (Wildman–Crippen MR) is 110 cm³/mol. The third-order valence-electron chi connectivity index (χ3n) is 4.09. The summed E-state index contributed by atoms with van der Waals surface area (Å²) < 4.78 is 0. The Balaban J connectivity index is 1.36. The Bertz CT molecular complexity index is 897. The molecule has 2 N–H and O–H groups in total. The molecule has 3 rings (SSSR count). The predicted octanol–water partition coefficient (Wildman–Crippen LogP) is 3.47. The highest BCUT2D eigenvalue weighted by molar-refractivity contribution is 7.15. The molecule has 0 aliphatic carbocycles. The molecule has 0 saturated carbocycles. The number of amides is 2. The van der Waals surface area contributed by atoms with Gasteiger partial charge in [0.05, 0.1) is 0 Å². The summed E-state index contributed by atoms with van der Waals surface area (Å²) in [6.07, 6.45) is 2.98. The Labute approximate surface area is 168 Å². The third kappa shape index (κ3) is 6.28. The Hall–Kier alpha value is -3.06. The normalized spacial score (nSPS) is 10.4. The quantitative estimate of drug-likeness (QED) is 0.582. The average molecular weight is 395 g/mol. The molecule has 0 aliphatic rings. The molecule has 0 atom stereocenters. The second-order valence-electron chi connectivity index (χ2n) is 6.26. The number of nitrogens with zero attached hydrogens (tertiary/aromatic N) is 2. The minimum Gasteiger partial charge on any atom is -0.352 e. The lowest BCUT2D eigenvalue weighted by molar-refractivity contribution is -0.116. The fourth-order valence-electron chi connectivity index (χ4n) is 2.66. The molecule has 2 amide bonds. The summed E-state index contributed by atoms with van der Waals surface area (Å²) in [6.45, 7) is 0.266. The van der Waals surface area contributed by atoms with Crippen LogP contribution in [0, 0.1) is 0 Å². The molecule has 0 bridgehead atoms. The first kappa shape index (κ1) is 19.7. The SMILES string of the molecule is O=C(CCNC(=O)c1ccccc1)Nc1nnc(CCCc2ccccc2)s1. The van der Waals surface area contributed by atoms with Crippen LogP contribution in [0.15, 0.2) is 60.7 Å². The molecule has 28 heavy (non-hydrogen) atoms. The van der Waals surface area contributed by atoms with Crippen LogP contribution in [-0.2, 0) is 17.6 Å². The van der Waals surface area contributed by atoms with E-state index >= 15 is 0 Å². The van der Waals surface area contributed by atoms with Gasteiger partial charge in [-0.2, -0.15) is 0 Å². The van der Waals surface area contributed by atoms with E-state index in [-0.39, 0.29) is 24.8 Å². The first-order chi connectivity index (χ1) is 13.7. The van der Waals surface area contributed by atoms with Gasteiger partial charge in [-0.25, -0.2) is 0 Å². The van der Waals surface area contributed by atoms with Gasteiger partial charge in [0.1, 0.15) is 5.01 Å². The zero-order valence-corrected chi connectivity index (χ0v) is 16.2. The van der Waals surface area contributed by atoms with E-state index in [0.29, 0.717) is 10.7 Å². The van der Waals surface area contributed by atoms with E-state index in [1.807, 2.05) is 24.3 Å². The van der Waals surface area contributed by atoms with Crippen molar-refractivity contribution in [1.29, 1.82) is 0 Å². The van der Waals surface area contributed by atoms with Gasteiger partial charge in [0.25, 0.3) is 5.91 Å². The molecule has 0 aliphatic heterocycles. The van der Waals surface area contributed by atoms with Crippen LogP contribution in [0.5, 0.6) is 0 Å². The number of rotatable bonds is 9. The van der Waals surface area contributed by atoms with Crippen molar-refractivity contribution in [2.75, 3.05) is 11.9 Å². The van der Waals surface area contributed by atoms with Crippen LogP contribution in [0.4, 0.5) is 5.13 Å². The smallest absolute Gasteiger partial charge is 0.251 e. The standard InChI is InChI=1S/C21H22N4O2S/c26-18(14-15-22-20(27)17-11-5-2-6-12-17)23-21-25-24-19(28-21)13-7-10-16-8-3-1-4-9-16/h1-6,8-9,11-12H,7,10,13-15H2,(H,22,27)(H,23,25,26). The molecule has 0 unspecified atom stereocenters. The number of hydrogen-bond acceptors (Lipinski definition) is 5. The molecule has 1 heterocycles. The fraction of sp³-hybridized carbons (Fsp3) is 0.238. The number of carbonyl (C=O) groups excluding carboxylic acids is 2. The van der Waals surface area contributed by atoms with Crippen molar-refractivity contribution in [2.45, 2.75) is 25.7 Å². The van der Waals surface area contributed by atoms with Gasteiger partial charge in [0.2, 0.25) is 11.0 Å². The van der Waals surface area contributed by atoms with Gasteiger partial charge in [0, 0.05) is 24.9 Å². The lowest BCUT2D eigenvalue weighted by atomic mass is 10.1. The average Bonchev–Trinajstić information content (AvgIpc) is 3.16. The van der Waals surface area contributed by atoms with Gasteiger partial charge in [-0.3, -0.25) is 9.59 Å². The topological polar surface area (TPSA) is 84.0 Å². The number of hydrogen-bond donors (Lipinski definition) is 2. The summed E-state index contributed by atoms with van der Waals surface area (Å²) in [5.74, 6) is -0.384. The van der Waals surface area contributed by atoms with E-state index in [0.717, 1.165) is 24.3 Å². The second kappa shape index (κ2) is 10.3. The number of aryl methyl sites for hydroxylation is 2. The Morgan fingerprint density at radius 3 is 2.36 bits per heavy atom. The van der Waals surface area contributed by atoms with Gasteiger partial charge < -0.3 is 10.6 Å². The molecule has 3 aromatic rings. The van der Waals surface area contributed by atoms with E-state index in [2.05, 4.69) is 33.0 Å². The van der Waals surface area contributed by atoms with Crippen LogP contribution in [0.2, 0.25) is 0 Å². The lowest BCUT2D eigenvalue weighted by Crippen LogP contribution is -2.27. The van der Waals surface area contributed by atoms with Gasteiger partial charge in [-0.1, -0.05) is 59.9 Å². The summed E-state index contributed by atoms with van der Waals surface area (Å²) in [5.41, 5.74) is 1.88. The van der Waals surface area contributed by atoms with Crippen LogP contribution in [0.1, 0.15) is 33.8 Å². The van der Waals surface area contributed by atoms with Crippen molar-refractivity contribution < 1.29 is 9.59 Å². The van der Waals surface area contributed by atoms with Crippen LogP contribution in [0.3, 0.4) is 0 Å². The van der Waals surface area contributed by atoms with Crippen molar-refractivity contribution >= 4 is 28.3 Å². The monoisotopic (exact) mass is 394 g/mol. The number of nitrogens with one attached hydrogen (secondary N) is 2. The maximum absolute atomic E-state index is 12.0. The molecular formula is C21H22N4O2S. The molecule has 6 nitrogen and oxygen atoms in total. The van der Waals surface area contributed by atoms with Crippen LogP contribution >= 0.6 is 11.3 Å². The Morgan fingerprint density at radius 2 is 1.61 bits per heavy atom. The molecule has 144 valence electrons. The Kier molecular flexibility index (Phi) is 7.26. The van der Waals surface area contributed by atoms with Crippen LogP contribution in [0.25, 0.3) is 0 Å². The van der Waals surface area contributed by atoms with E-state index in [1.54, 1.807) is 24.3 Å². The second-order valence-corrected chi connectivity index (χ2v) is 7.32. The highest BCUT2D eigenvalue weighted by Crippen LogP contribution is 2.17. The minimum absolute atomic E-state index is 0.182. The van der Waals surface area contributed by atoms with Crippen molar-refractivity contribution in [3.05, 3.63) is 76.8 Å². The van der Waals surface area contributed by atoms with Gasteiger partial charge in [0.15, 0.2) is 0 Å². The summed E-state index contributed by atoms with van der Waals surface area (Å²) >= 11 is 1.39. The van der Waals surface area contributed by atoms with E-state index in [1.165, 1.54) is 16.9 Å². The maximum Gasteiger partial charge on any atom is 0.251 e. The highest BCUT2D eigenvalue weighted by atomic mass is 32.1. The zero-order chi connectivity index (χ0) is 19.6. The van der Waals surface area contributed by atoms with Crippen LogP contribution < -0.4 is 10.6 Å². The van der Waals surface area contributed by atoms with Gasteiger partial charge in [-0.15, -0.1) is 10.2 Å². The zero-order valence-electron chi connectivity index (χ0n) is 15.4. The molecule has 2 aromatic carbocycles. The number of aromatic nitrogens is 2. The van der Waals surface area contributed by atoms with E-state index < -0.39 is 0 Å². The molecule has 0 spiro atoms. The number of benzene rings is 2. The summed E-state index contributed by atoms with van der Waals surface area (Å²) in [5, 5.41) is 15.0. The molecule has 7 heteroatoms. The van der Waals surface area contributed by atoms with E-state index in [9.17, 15) is 9.59 Å². The maximum atomic E-state index is 12.0.